The molecule has 0 radical (unpaired) electrons. The Bertz CT molecular complexity index is 404. The fraction of sp³-hybridized carbons (Fsp3) is 0.364. The lowest BCUT2D eigenvalue weighted by Gasteiger charge is -2.15. The summed E-state index contributed by atoms with van der Waals surface area (Å²) in [5, 5.41) is 0. The first-order valence-corrected chi connectivity index (χ1v) is 5.87. The van der Waals surface area contributed by atoms with Crippen LogP contribution in [0.5, 0.6) is 0 Å². The van der Waals surface area contributed by atoms with Gasteiger partial charge in [0.05, 0.1) is 0 Å². The third-order valence-electron chi connectivity index (χ3n) is 2.53. The fourth-order valence-corrected chi connectivity index (χ4v) is 2.32. The zero-order valence-electron chi connectivity index (χ0n) is 8.42. The van der Waals surface area contributed by atoms with Crippen LogP contribution in [0.3, 0.4) is 0 Å². The molecule has 1 saturated heterocycles. The molecule has 1 heterocycles. The molecule has 0 spiro atoms. The van der Waals surface area contributed by atoms with Crippen molar-refractivity contribution in [3.05, 3.63) is 35.4 Å². The van der Waals surface area contributed by atoms with E-state index < -0.39 is 11.6 Å². The van der Waals surface area contributed by atoms with Crippen LogP contribution < -0.4 is 0 Å². The van der Waals surface area contributed by atoms with Crippen molar-refractivity contribution in [2.75, 3.05) is 13.1 Å². The van der Waals surface area contributed by atoms with Crippen molar-refractivity contribution in [2.24, 2.45) is 0 Å². The highest BCUT2D eigenvalue weighted by Gasteiger charge is 2.25. The summed E-state index contributed by atoms with van der Waals surface area (Å²) in [5.41, 5.74) is 0.0686. The van der Waals surface area contributed by atoms with Crippen LogP contribution in [0.2, 0.25) is 0 Å². The molecule has 1 atom stereocenters. The summed E-state index contributed by atoms with van der Waals surface area (Å²) in [6.45, 7) is 1.20. The Kier molecular flexibility index (Phi) is 3.23. The number of alkyl halides is 1. The van der Waals surface area contributed by atoms with E-state index in [1.54, 1.807) is 4.90 Å². The van der Waals surface area contributed by atoms with Gasteiger partial charge in [0.1, 0.15) is 11.6 Å². The maximum atomic E-state index is 12.9. The Morgan fingerprint density at radius 3 is 2.44 bits per heavy atom. The monoisotopic (exact) mass is 289 g/mol. The number of amides is 1. The number of nitrogens with zero attached hydrogens (tertiary/aromatic N) is 1. The van der Waals surface area contributed by atoms with Crippen LogP contribution in [0.4, 0.5) is 8.78 Å². The predicted octanol–water partition coefficient (Wildman–Crippen LogP) is 2.57. The zero-order valence-corrected chi connectivity index (χ0v) is 10.0. The lowest BCUT2D eigenvalue weighted by atomic mass is 10.2. The topological polar surface area (TPSA) is 20.3 Å². The van der Waals surface area contributed by atoms with Gasteiger partial charge in [-0.3, -0.25) is 4.79 Å². The quantitative estimate of drug-likeness (QED) is 0.728. The van der Waals surface area contributed by atoms with Crippen LogP contribution in [-0.2, 0) is 0 Å². The van der Waals surface area contributed by atoms with Gasteiger partial charge in [-0.25, -0.2) is 8.78 Å². The van der Waals surface area contributed by atoms with E-state index in [0.29, 0.717) is 13.1 Å². The largest absolute Gasteiger partial charge is 0.337 e. The normalized spacial score (nSPS) is 20.2. The summed E-state index contributed by atoms with van der Waals surface area (Å²) in [6, 6.07) is 2.88. The van der Waals surface area contributed by atoms with Gasteiger partial charge in [-0.2, -0.15) is 0 Å². The standard InChI is InChI=1S/C11H10BrF2NO/c12-8-1-2-15(6-8)11(16)7-3-9(13)5-10(14)4-7/h3-5,8H,1-2,6H2. The van der Waals surface area contributed by atoms with Crippen LogP contribution in [0.15, 0.2) is 18.2 Å². The predicted molar refractivity (Wildman–Crippen MR) is 59.6 cm³/mol. The van der Waals surface area contributed by atoms with E-state index in [2.05, 4.69) is 15.9 Å². The lowest BCUT2D eigenvalue weighted by molar-refractivity contribution is 0.0792. The van der Waals surface area contributed by atoms with E-state index in [9.17, 15) is 13.6 Å². The maximum absolute atomic E-state index is 12.9. The van der Waals surface area contributed by atoms with E-state index in [-0.39, 0.29) is 16.3 Å². The summed E-state index contributed by atoms with van der Waals surface area (Å²) in [4.78, 5) is 13.7. The van der Waals surface area contributed by atoms with Gasteiger partial charge in [0, 0.05) is 29.5 Å². The van der Waals surface area contributed by atoms with Crippen molar-refractivity contribution in [1.29, 1.82) is 0 Å². The molecule has 1 aromatic rings. The second kappa shape index (κ2) is 4.49. The molecule has 16 heavy (non-hydrogen) atoms. The second-order valence-corrected chi connectivity index (χ2v) is 5.09. The highest BCUT2D eigenvalue weighted by Crippen LogP contribution is 2.19. The molecule has 0 saturated carbocycles. The first kappa shape index (κ1) is 11.5. The minimum atomic E-state index is -0.724. The Morgan fingerprint density at radius 1 is 1.31 bits per heavy atom. The van der Waals surface area contributed by atoms with Gasteiger partial charge in [-0.1, -0.05) is 15.9 Å². The molecule has 0 N–H and O–H groups in total. The minimum absolute atomic E-state index is 0.0686. The van der Waals surface area contributed by atoms with Crippen molar-refractivity contribution in [3.8, 4) is 0 Å². The fourth-order valence-electron chi connectivity index (χ4n) is 1.76. The van der Waals surface area contributed by atoms with Gasteiger partial charge in [0.2, 0.25) is 0 Å². The molecular weight excluding hydrogens is 280 g/mol. The molecule has 0 bridgehead atoms. The zero-order chi connectivity index (χ0) is 11.7. The van der Waals surface area contributed by atoms with Gasteiger partial charge in [-0.05, 0) is 18.6 Å². The maximum Gasteiger partial charge on any atom is 0.254 e. The third-order valence-corrected chi connectivity index (χ3v) is 3.27. The van der Waals surface area contributed by atoms with Gasteiger partial charge >= 0.3 is 0 Å². The summed E-state index contributed by atoms with van der Waals surface area (Å²) in [5.74, 6) is -1.77. The number of likely N-dealkylation sites (tertiary alicyclic amines) is 1. The average Bonchev–Trinajstić information content (AvgIpc) is 2.62. The van der Waals surface area contributed by atoms with E-state index in [1.165, 1.54) is 0 Å². The lowest BCUT2D eigenvalue weighted by Crippen LogP contribution is -2.28. The first-order chi connectivity index (χ1) is 7.56. The smallest absolute Gasteiger partial charge is 0.254 e. The number of rotatable bonds is 1. The molecule has 1 aromatic carbocycles. The van der Waals surface area contributed by atoms with Gasteiger partial charge < -0.3 is 4.90 Å². The van der Waals surface area contributed by atoms with Crippen LogP contribution in [0, 0.1) is 11.6 Å². The van der Waals surface area contributed by atoms with E-state index in [0.717, 1.165) is 24.6 Å². The average molecular weight is 290 g/mol. The van der Waals surface area contributed by atoms with Crippen molar-refractivity contribution >= 4 is 21.8 Å². The van der Waals surface area contributed by atoms with Crippen LogP contribution in [-0.4, -0.2) is 28.7 Å². The molecule has 1 aliphatic heterocycles. The molecule has 2 rings (SSSR count). The van der Waals surface area contributed by atoms with E-state index in [1.807, 2.05) is 0 Å². The van der Waals surface area contributed by atoms with Crippen molar-refractivity contribution in [3.63, 3.8) is 0 Å². The Hall–Kier alpha value is -0.970. The molecular formula is C11H10BrF2NO. The summed E-state index contributed by atoms with van der Waals surface area (Å²) < 4.78 is 25.9. The number of benzene rings is 1. The molecule has 1 amide bonds. The SMILES string of the molecule is O=C(c1cc(F)cc(F)c1)N1CCC(Br)C1. The summed E-state index contributed by atoms with van der Waals surface area (Å²) in [6.07, 6.45) is 0.865. The van der Waals surface area contributed by atoms with Gasteiger partial charge in [0.25, 0.3) is 5.91 Å². The van der Waals surface area contributed by atoms with Crippen molar-refractivity contribution < 1.29 is 13.6 Å². The Balaban J connectivity index is 2.20. The first-order valence-electron chi connectivity index (χ1n) is 4.95. The number of carbonyl (C=O) groups excluding carboxylic acids is 1. The van der Waals surface area contributed by atoms with E-state index in [4.69, 9.17) is 0 Å². The molecule has 1 aliphatic rings. The molecule has 1 unspecified atom stereocenters. The highest BCUT2D eigenvalue weighted by molar-refractivity contribution is 9.09. The third kappa shape index (κ3) is 2.40. The summed E-state index contributed by atoms with van der Waals surface area (Å²) >= 11 is 3.41. The molecule has 2 nitrogen and oxygen atoms in total. The van der Waals surface area contributed by atoms with Crippen molar-refractivity contribution in [1.82, 2.24) is 4.90 Å². The molecule has 86 valence electrons. The number of carbonyl (C=O) groups is 1. The highest BCUT2D eigenvalue weighted by atomic mass is 79.9. The Labute approximate surface area is 100 Å². The molecule has 0 aliphatic carbocycles. The Morgan fingerprint density at radius 2 is 1.94 bits per heavy atom. The number of halogens is 3. The summed E-state index contributed by atoms with van der Waals surface area (Å²) in [7, 11) is 0. The molecule has 0 aromatic heterocycles. The number of hydrogen-bond acceptors (Lipinski definition) is 1. The van der Waals surface area contributed by atoms with Crippen molar-refractivity contribution in [2.45, 2.75) is 11.2 Å². The van der Waals surface area contributed by atoms with E-state index >= 15 is 0 Å². The molecule has 1 fully saturated rings. The second-order valence-electron chi connectivity index (χ2n) is 3.80. The van der Waals surface area contributed by atoms with Gasteiger partial charge in [-0.15, -0.1) is 0 Å². The van der Waals surface area contributed by atoms with Gasteiger partial charge in [0.15, 0.2) is 0 Å². The van der Waals surface area contributed by atoms with Crippen LogP contribution in [0.1, 0.15) is 16.8 Å². The minimum Gasteiger partial charge on any atom is -0.337 e. The van der Waals surface area contributed by atoms with Crippen LogP contribution in [0.25, 0.3) is 0 Å². The number of hydrogen-bond donors (Lipinski definition) is 0. The molecule has 5 heteroatoms. The van der Waals surface area contributed by atoms with Crippen LogP contribution >= 0.6 is 15.9 Å².